The number of benzene rings is 2. The summed E-state index contributed by atoms with van der Waals surface area (Å²) in [5, 5.41) is 5.60. The Hall–Kier alpha value is -2.61. The molecule has 0 aliphatic heterocycles. The molecule has 0 aliphatic carbocycles. The van der Waals surface area contributed by atoms with E-state index in [1.54, 1.807) is 41.8 Å². The highest BCUT2D eigenvalue weighted by atomic mass is 35.5. The lowest BCUT2D eigenvalue weighted by Crippen LogP contribution is -2.20. The zero-order valence-corrected chi connectivity index (χ0v) is 16.1. The van der Waals surface area contributed by atoms with E-state index in [0.717, 1.165) is 5.56 Å². The second-order valence-corrected chi connectivity index (χ2v) is 7.09. The molecule has 138 valence electrons. The van der Waals surface area contributed by atoms with Crippen molar-refractivity contribution in [2.24, 2.45) is 0 Å². The highest BCUT2D eigenvalue weighted by Crippen LogP contribution is 2.30. The predicted octanol–water partition coefficient (Wildman–Crippen LogP) is 4.49. The second-order valence-electron chi connectivity index (χ2n) is 5.42. The monoisotopic (exact) mass is 421 g/mol. The number of nitrogens with zero attached hydrogens (tertiary/aromatic N) is 1. The van der Waals surface area contributed by atoms with Crippen molar-refractivity contribution in [1.82, 2.24) is 4.98 Å². The van der Waals surface area contributed by atoms with Gasteiger partial charge in [-0.2, -0.15) is 0 Å². The number of carbonyl (C=O) groups is 2. The van der Waals surface area contributed by atoms with Gasteiger partial charge in [-0.3, -0.25) is 10.1 Å². The van der Waals surface area contributed by atoms with E-state index in [-0.39, 0.29) is 5.56 Å². The molecule has 3 aromatic rings. The molecular weight excluding hydrogens is 409 g/mol. The largest absolute Gasteiger partial charge is 0.452 e. The number of esters is 1. The average molecular weight is 422 g/mol. The van der Waals surface area contributed by atoms with Crippen molar-refractivity contribution in [3.63, 3.8) is 0 Å². The molecule has 0 saturated heterocycles. The van der Waals surface area contributed by atoms with Gasteiger partial charge in [0, 0.05) is 16.6 Å². The standard InChI is InChI=1S/C18H13Cl2N3O3S/c19-13-5-4-10(7-14(13)20)15-9-27-18(22-15)23-16(24)8-26-17(25)11-2-1-3-12(21)6-11/h1-7,9H,8,21H2,(H,22,23,24). The first-order valence-corrected chi connectivity index (χ1v) is 9.29. The summed E-state index contributed by atoms with van der Waals surface area (Å²) in [6, 6.07) is 11.5. The zero-order valence-electron chi connectivity index (χ0n) is 13.7. The molecule has 3 N–H and O–H groups in total. The van der Waals surface area contributed by atoms with Crippen molar-refractivity contribution >= 4 is 57.2 Å². The lowest BCUT2D eigenvalue weighted by Gasteiger charge is -2.05. The minimum atomic E-state index is -0.631. The van der Waals surface area contributed by atoms with Gasteiger partial charge in [0.1, 0.15) is 0 Å². The minimum Gasteiger partial charge on any atom is -0.452 e. The minimum absolute atomic E-state index is 0.277. The number of nitrogens with one attached hydrogen (secondary N) is 1. The molecule has 2 aromatic carbocycles. The number of hydrogen-bond acceptors (Lipinski definition) is 6. The summed E-state index contributed by atoms with van der Waals surface area (Å²) in [6.45, 7) is -0.435. The third-order valence-corrected chi connectivity index (χ3v) is 4.92. The van der Waals surface area contributed by atoms with Gasteiger partial charge >= 0.3 is 5.97 Å². The number of carbonyl (C=O) groups excluding carboxylic acids is 2. The van der Waals surface area contributed by atoms with Crippen molar-refractivity contribution in [3.8, 4) is 11.3 Å². The Labute approximate surface area is 168 Å². The van der Waals surface area contributed by atoms with Crippen LogP contribution in [0.3, 0.4) is 0 Å². The van der Waals surface area contributed by atoms with Crippen LogP contribution in [-0.2, 0) is 9.53 Å². The molecule has 0 fully saturated rings. The molecule has 0 aliphatic rings. The molecule has 9 heteroatoms. The second kappa shape index (κ2) is 8.39. The van der Waals surface area contributed by atoms with Gasteiger partial charge < -0.3 is 10.5 Å². The van der Waals surface area contributed by atoms with Gasteiger partial charge in [0.2, 0.25) is 0 Å². The number of amides is 1. The Morgan fingerprint density at radius 1 is 1.15 bits per heavy atom. The lowest BCUT2D eigenvalue weighted by molar-refractivity contribution is -0.119. The van der Waals surface area contributed by atoms with Crippen LogP contribution in [0.2, 0.25) is 10.0 Å². The quantitative estimate of drug-likeness (QED) is 0.467. The molecule has 0 bridgehead atoms. The van der Waals surface area contributed by atoms with Crippen LogP contribution in [0.15, 0.2) is 47.8 Å². The molecular formula is C18H13Cl2N3O3S. The number of rotatable bonds is 5. The van der Waals surface area contributed by atoms with E-state index in [4.69, 9.17) is 33.7 Å². The Bertz CT molecular complexity index is 1010. The highest BCUT2D eigenvalue weighted by molar-refractivity contribution is 7.14. The number of halogens is 2. The maximum absolute atomic E-state index is 12.0. The SMILES string of the molecule is Nc1cccc(C(=O)OCC(=O)Nc2nc(-c3ccc(Cl)c(Cl)c3)cs2)c1. The zero-order chi connectivity index (χ0) is 19.4. The average Bonchev–Trinajstić information content (AvgIpc) is 3.10. The van der Waals surface area contributed by atoms with E-state index in [2.05, 4.69) is 10.3 Å². The molecule has 0 unspecified atom stereocenters. The van der Waals surface area contributed by atoms with Crippen LogP contribution in [0.4, 0.5) is 10.8 Å². The summed E-state index contributed by atoms with van der Waals surface area (Å²) in [5.74, 6) is -1.13. The maximum Gasteiger partial charge on any atom is 0.338 e. The molecule has 0 atom stereocenters. The van der Waals surface area contributed by atoms with Crippen LogP contribution in [0.5, 0.6) is 0 Å². The molecule has 1 heterocycles. The molecule has 3 rings (SSSR count). The van der Waals surface area contributed by atoms with Gasteiger partial charge in [0.25, 0.3) is 5.91 Å². The summed E-state index contributed by atoms with van der Waals surface area (Å²) in [5.41, 5.74) is 7.74. The van der Waals surface area contributed by atoms with E-state index in [1.807, 2.05) is 0 Å². The van der Waals surface area contributed by atoms with Crippen molar-refractivity contribution < 1.29 is 14.3 Å². The fourth-order valence-electron chi connectivity index (χ4n) is 2.15. The van der Waals surface area contributed by atoms with Gasteiger partial charge in [-0.05, 0) is 30.3 Å². The smallest absolute Gasteiger partial charge is 0.338 e. The summed E-state index contributed by atoms with van der Waals surface area (Å²) >= 11 is 13.1. The maximum atomic E-state index is 12.0. The molecule has 0 spiro atoms. The topological polar surface area (TPSA) is 94.3 Å². The number of thiazole rings is 1. The van der Waals surface area contributed by atoms with Gasteiger partial charge in [-0.15, -0.1) is 11.3 Å². The molecule has 0 saturated carbocycles. The third kappa shape index (κ3) is 4.97. The molecule has 1 amide bonds. The van der Waals surface area contributed by atoms with Crippen molar-refractivity contribution in [3.05, 3.63) is 63.5 Å². The lowest BCUT2D eigenvalue weighted by atomic mass is 10.2. The van der Waals surface area contributed by atoms with E-state index < -0.39 is 18.5 Å². The van der Waals surface area contributed by atoms with E-state index in [9.17, 15) is 9.59 Å². The Kier molecular flexibility index (Phi) is 5.95. The van der Waals surface area contributed by atoms with Gasteiger partial charge in [-0.25, -0.2) is 9.78 Å². The number of anilines is 2. The molecule has 1 aromatic heterocycles. The van der Waals surface area contributed by atoms with Crippen LogP contribution in [0.1, 0.15) is 10.4 Å². The molecule has 6 nitrogen and oxygen atoms in total. The van der Waals surface area contributed by atoms with Gasteiger partial charge in [0.05, 0.1) is 21.3 Å². The summed E-state index contributed by atoms with van der Waals surface area (Å²) in [4.78, 5) is 28.2. The van der Waals surface area contributed by atoms with E-state index in [0.29, 0.717) is 26.6 Å². The summed E-state index contributed by atoms with van der Waals surface area (Å²) in [7, 11) is 0. The van der Waals surface area contributed by atoms with Gasteiger partial charge in [0.15, 0.2) is 11.7 Å². The Morgan fingerprint density at radius 3 is 2.70 bits per heavy atom. The van der Waals surface area contributed by atoms with Crippen LogP contribution in [-0.4, -0.2) is 23.5 Å². The normalized spacial score (nSPS) is 10.4. The number of ether oxygens (including phenoxy) is 1. The van der Waals surface area contributed by atoms with E-state index in [1.165, 1.54) is 17.4 Å². The summed E-state index contributed by atoms with van der Waals surface area (Å²) in [6.07, 6.45) is 0. The fraction of sp³-hybridized carbons (Fsp3) is 0.0556. The number of nitrogens with two attached hydrogens (primary N) is 1. The first-order valence-electron chi connectivity index (χ1n) is 7.66. The van der Waals surface area contributed by atoms with Crippen LogP contribution in [0.25, 0.3) is 11.3 Å². The van der Waals surface area contributed by atoms with Crippen molar-refractivity contribution in [2.75, 3.05) is 17.7 Å². The Morgan fingerprint density at radius 2 is 1.96 bits per heavy atom. The highest BCUT2D eigenvalue weighted by Gasteiger charge is 2.13. The number of aromatic nitrogens is 1. The Balaban J connectivity index is 1.57. The molecule has 27 heavy (non-hydrogen) atoms. The van der Waals surface area contributed by atoms with Crippen LogP contribution in [0, 0.1) is 0 Å². The van der Waals surface area contributed by atoms with Crippen molar-refractivity contribution in [1.29, 1.82) is 0 Å². The van der Waals surface area contributed by atoms with Crippen LogP contribution < -0.4 is 11.1 Å². The summed E-state index contributed by atoms with van der Waals surface area (Å²) < 4.78 is 4.98. The van der Waals surface area contributed by atoms with E-state index >= 15 is 0 Å². The van der Waals surface area contributed by atoms with Crippen LogP contribution >= 0.6 is 34.5 Å². The number of hydrogen-bond donors (Lipinski definition) is 2. The fourth-order valence-corrected chi connectivity index (χ4v) is 3.19. The molecule has 0 radical (unpaired) electrons. The first-order chi connectivity index (χ1) is 12.9. The number of nitrogen functional groups attached to an aromatic ring is 1. The van der Waals surface area contributed by atoms with Crippen molar-refractivity contribution in [2.45, 2.75) is 0 Å². The predicted molar refractivity (Wildman–Crippen MR) is 107 cm³/mol. The third-order valence-electron chi connectivity index (χ3n) is 3.42. The first kappa shape index (κ1) is 19.2. The van der Waals surface area contributed by atoms with Gasteiger partial charge in [-0.1, -0.05) is 35.3 Å².